The van der Waals surface area contributed by atoms with Crippen molar-refractivity contribution in [3.63, 3.8) is 0 Å². The van der Waals surface area contributed by atoms with Gasteiger partial charge in [0, 0.05) is 0 Å². The van der Waals surface area contributed by atoms with Crippen LogP contribution in [0.3, 0.4) is 0 Å². The van der Waals surface area contributed by atoms with Gasteiger partial charge in [-0.2, -0.15) is 5.10 Å². The van der Waals surface area contributed by atoms with E-state index in [9.17, 15) is 28.4 Å². The van der Waals surface area contributed by atoms with Gasteiger partial charge in [0.25, 0.3) is 0 Å². The van der Waals surface area contributed by atoms with Gasteiger partial charge in [-0.05, 0) is 25.1 Å². The molecule has 0 saturated carbocycles. The summed E-state index contributed by atoms with van der Waals surface area (Å²) in [5.74, 6) is -1.05. The zero-order valence-corrected chi connectivity index (χ0v) is 14.3. The summed E-state index contributed by atoms with van der Waals surface area (Å²) in [6.07, 6.45) is 1.04. The normalized spacial score (nSPS) is 11.3. The molecule has 0 bridgehead atoms. The Morgan fingerprint density at radius 3 is 2.68 bits per heavy atom. The Labute approximate surface area is 143 Å². The fourth-order valence-corrected chi connectivity index (χ4v) is 2.98. The van der Waals surface area contributed by atoms with Crippen LogP contribution >= 0.6 is 0 Å². The summed E-state index contributed by atoms with van der Waals surface area (Å²) in [5.41, 5.74) is -0.0859. The molecule has 1 aromatic heterocycles. The van der Waals surface area contributed by atoms with Gasteiger partial charge in [-0.3, -0.25) is 19.6 Å². The zero-order chi connectivity index (χ0) is 18.8. The number of amides is 1. The van der Waals surface area contributed by atoms with Crippen molar-refractivity contribution in [2.45, 2.75) is 25.3 Å². The van der Waals surface area contributed by atoms with Gasteiger partial charge in [0.1, 0.15) is 24.2 Å². The molecule has 0 aliphatic heterocycles. The van der Waals surface area contributed by atoms with Crippen molar-refractivity contribution in [3.8, 4) is 5.75 Å². The third-order valence-electron chi connectivity index (χ3n) is 3.55. The molecule has 0 radical (unpaired) electrons. The molecule has 0 aliphatic carbocycles. The first-order valence-electron chi connectivity index (χ1n) is 7.18. The van der Waals surface area contributed by atoms with Crippen LogP contribution in [0, 0.1) is 17.0 Å². The Kier molecular flexibility index (Phi) is 5.07. The summed E-state index contributed by atoms with van der Waals surface area (Å²) in [5, 5.41) is 26.7. The Morgan fingerprint density at radius 1 is 1.44 bits per heavy atom. The first-order chi connectivity index (χ1) is 11.7. The van der Waals surface area contributed by atoms with Crippen LogP contribution in [0.15, 0.2) is 29.3 Å². The molecule has 0 spiro atoms. The Bertz CT molecular complexity index is 935. The molecule has 134 valence electrons. The summed E-state index contributed by atoms with van der Waals surface area (Å²) in [7, 11) is -3.50. The number of nitro groups is 1. The number of sulfone groups is 1. The lowest BCUT2D eigenvalue weighted by Crippen LogP contribution is -2.20. The highest BCUT2D eigenvalue weighted by Gasteiger charge is 2.19. The van der Waals surface area contributed by atoms with E-state index in [0.717, 1.165) is 16.9 Å². The van der Waals surface area contributed by atoms with Crippen LogP contribution in [0.2, 0.25) is 0 Å². The van der Waals surface area contributed by atoms with E-state index in [2.05, 4.69) is 10.4 Å². The number of phenolic OH excluding ortho intramolecular Hbond substituents is 1. The monoisotopic (exact) mass is 368 g/mol. The molecule has 1 aromatic carbocycles. The number of carbonyl (C=O) groups is 1. The first kappa shape index (κ1) is 18.4. The lowest BCUT2D eigenvalue weighted by Gasteiger charge is -2.10. The van der Waals surface area contributed by atoms with Gasteiger partial charge in [-0.25, -0.2) is 8.42 Å². The van der Waals surface area contributed by atoms with E-state index in [0.29, 0.717) is 0 Å². The van der Waals surface area contributed by atoms with E-state index in [1.165, 1.54) is 26.0 Å². The van der Waals surface area contributed by atoms with Crippen LogP contribution in [0.5, 0.6) is 5.75 Å². The number of aromatic nitrogens is 2. The third-order valence-corrected chi connectivity index (χ3v) is 5.28. The number of hydrogen-bond acceptors (Lipinski definition) is 7. The SMILES string of the molecule is CCS(=O)(=O)c1ccc(O)c(NC(=O)Cn2ncc([N+](=O)[O-])c2C)c1. The molecule has 0 atom stereocenters. The smallest absolute Gasteiger partial charge is 0.309 e. The van der Waals surface area contributed by atoms with Crippen LogP contribution in [-0.2, 0) is 21.2 Å². The van der Waals surface area contributed by atoms with E-state index < -0.39 is 20.7 Å². The Balaban J connectivity index is 2.21. The fourth-order valence-electron chi connectivity index (χ4n) is 2.08. The predicted octanol–water partition coefficient (Wildman–Crippen LogP) is 1.24. The summed E-state index contributed by atoms with van der Waals surface area (Å²) >= 11 is 0. The highest BCUT2D eigenvalue weighted by Crippen LogP contribution is 2.27. The molecule has 10 nitrogen and oxygen atoms in total. The number of hydrogen-bond donors (Lipinski definition) is 2. The maximum absolute atomic E-state index is 12.1. The molecule has 0 unspecified atom stereocenters. The van der Waals surface area contributed by atoms with Crippen molar-refractivity contribution in [2.75, 3.05) is 11.1 Å². The molecule has 25 heavy (non-hydrogen) atoms. The second-order valence-corrected chi connectivity index (χ2v) is 7.44. The second kappa shape index (κ2) is 6.89. The van der Waals surface area contributed by atoms with Crippen LogP contribution in [0.1, 0.15) is 12.6 Å². The first-order valence-corrected chi connectivity index (χ1v) is 8.83. The topological polar surface area (TPSA) is 144 Å². The number of carbonyl (C=O) groups excluding carboxylic acids is 1. The molecule has 0 fully saturated rings. The van der Waals surface area contributed by atoms with Gasteiger partial charge < -0.3 is 10.4 Å². The minimum atomic E-state index is -3.50. The average molecular weight is 368 g/mol. The van der Waals surface area contributed by atoms with Crippen LogP contribution in [0.4, 0.5) is 11.4 Å². The van der Waals surface area contributed by atoms with Gasteiger partial charge in [0.05, 0.1) is 21.3 Å². The standard InChI is InChI=1S/C14H16N4O6S/c1-3-25(23,24)10-4-5-13(19)11(6-10)16-14(20)8-17-9(2)12(7-15-17)18(21)22/h4-7,19H,3,8H2,1-2H3,(H,16,20). The number of benzene rings is 1. The molecule has 1 heterocycles. The van der Waals surface area contributed by atoms with E-state index in [1.807, 2.05) is 0 Å². The molecule has 0 saturated heterocycles. The van der Waals surface area contributed by atoms with E-state index in [-0.39, 0.29) is 40.0 Å². The number of rotatable bonds is 6. The lowest BCUT2D eigenvalue weighted by atomic mass is 10.3. The summed E-state index contributed by atoms with van der Waals surface area (Å²) in [6, 6.07) is 3.57. The van der Waals surface area contributed by atoms with Gasteiger partial charge in [-0.1, -0.05) is 6.92 Å². The number of aromatic hydroxyl groups is 1. The predicted molar refractivity (Wildman–Crippen MR) is 88.1 cm³/mol. The van der Waals surface area contributed by atoms with Crippen molar-refractivity contribution in [2.24, 2.45) is 0 Å². The van der Waals surface area contributed by atoms with Crippen molar-refractivity contribution < 1.29 is 23.2 Å². The van der Waals surface area contributed by atoms with E-state index in [1.54, 1.807) is 0 Å². The third kappa shape index (κ3) is 3.94. The minimum absolute atomic E-state index is 0.0333. The highest BCUT2D eigenvalue weighted by molar-refractivity contribution is 7.91. The molecule has 2 rings (SSSR count). The van der Waals surface area contributed by atoms with Crippen molar-refractivity contribution in [1.29, 1.82) is 0 Å². The van der Waals surface area contributed by atoms with E-state index in [4.69, 9.17) is 0 Å². The van der Waals surface area contributed by atoms with Crippen molar-refractivity contribution in [3.05, 3.63) is 40.2 Å². The maximum Gasteiger partial charge on any atom is 0.309 e. The van der Waals surface area contributed by atoms with Gasteiger partial charge in [0.2, 0.25) is 5.91 Å². The molecule has 1 amide bonds. The van der Waals surface area contributed by atoms with Crippen molar-refractivity contribution in [1.82, 2.24) is 9.78 Å². The number of nitrogens with zero attached hydrogens (tertiary/aromatic N) is 3. The largest absolute Gasteiger partial charge is 0.506 e. The Morgan fingerprint density at radius 2 is 2.12 bits per heavy atom. The summed E-state index contributed by atoms with van der Waals surface area (Å²) in [6.45, 7) is 2.60. The molecular formula is C14H16N4O6S. The number of nitrogens with one attached hydrogen (secondary N) is 1. The van der Waals surface area contributed by atoms with Crippen LogP contribution in [-0.4, -0.2) is 39.9 Å². The van der Waals surface area contributed by atoms with Crippen LogP contribution < -0.4 is 5.32 Å². The molecule has 2 N–H and O–H groups in total. The molecule has 2 aromatic rings. The van der Waals surface area contributed by atoms with Crippen molar-refractivity contribution >= 4 is 27.1 Å². The van der Waals surface area contributed by atoms with Gasteiger partial charge >= 0.3 is 5.69 Å². The molecule has 11 heteroatoms. The second-order valence-electron chi connectivity index (χ2n) is 5.16. The minimum Gasteiger partial charge on any atom is -0.506 e. The number of phenols is 1. The lowest BCUT2D eigenvalue weighted by molar-refractivity contribution is -0.385. The van der Waals surface area contributed by atoms with Gasteiger partial charge in [-0.15, -0.1) is 0 Å². The van der Waals surface area contributed by atoms with Crippen LogP contribution in [0.25, 0.3) is 0 Å². The molecule has 0 aliphatic rings. The summed E-state index contributed by atoms with van der Waals surface area (Å²) in [4.78, 5) is 22.2. The summed E-state index contributed by atoms with van der Waals surface area (Å²) < 4.78 is 24.9. The maximum atomic E-state index is 12.1. The Hall–Kier alpha value is -2.95. The quantitative estimate of drug-likeness (QED) is 0.443. The fraction of sp³-hybridized carbons (Fsp3) is 0.286. The van der Waals surface area contributed by atoms with Gasteiger partial charge in [0.15, 0.2) is 9.84 Å². The highest BCUT2D eigenvalue weighted by atomic mass is 32.2. The molecular weight excluding hydrogens is 352 g/mol. The zero-order valence-electron chi connectivity index (χ0n) is 13.5. The number of anilines is 1. The van der Waals surface area contributed by atoms with E-state index >= 15 is 0 Å². The average Bonchev–Trinajstić information content (AvgIpc) is 2.90.